The summed E-state index contributed by atoms with van der Waals surface area (Å²) in [6.07, 6.45) is 0. The predicted molar refractivity (Wildman–Crippen MR) is 66.6 cm³/mol. The van der Waals surface area contributed by atoms with Crippen molar-refractivity contribution in [2.24, 2.45) is 0 Å². The summed E-state index contributed by atoms with van der Waals surface area (Å²) in [4.78, 5) is 10.8. The molecule has 0 bridgehead atoms. The largest absolute Gasteiger partial charge is 0.287 e. The van der Waals surface area contributed by atoms with Crippen LogP contribution in [0.3, 0.4) is 0 Å². The normalized spacial score (nSPS) is 10.0. The van der Waals surface area contributed by atoms with Gasteiger partial charge in [0.15, 0.2) is 4.34 Å². The van der Waals surface area contributed by atoms with Gasteiger partial charge in [0.1, 0.15) is 16.6 Å². The minimum absolute atomic E-state index is 0.0474. The van der Waals surface area contributed by atoms with E-state index < -0.39 is 4.92 Å². The zero-order chi connectivity index (χ0) is 13.1. The molecule has 0 N–H and O–H groups in total. The molecule has 0 saturated heterocycles. The number of hydrogen-bond acceptors (Lipinski definition) is 7. The average molecular weight is 278 g/mol. The van der Waals surface area contributed by atoms with Gasteiger partial charge in [-0.15, -0.1) is 10.2 Å². The Labute approximate surface area is 110 Å². The Hall–Kier alpha value is -1.98. The van der Waals surface area contributed by atoms with Gasteiger partial charge in [-0.1, -0.05) is 23.1 Å². The van der Waals surface area contributed by atoms with Gasteiger partial charge in [-0.05, 0) is 19.1 Å². The van der Waals surface area contributed by atoms with Crippen LogP contribution in [0.1, 0.15) is 10.6 Å². The zero-order valence-electron chi connectivity index (χ0n) is 9.15. The third kappa shape index (κ3) is 2.64. The van der Waals surface area contributed by atoms with Gasteiger partial charge in [-0.25, -0.2) is 0 Å². The first-order valence-corrected chi connectivity index (χ1v) is 6.40. The van der Waals surface area contributed by atoms with Crippen molar-refractivity contribution in [3.05, 3.63) is 38.9 Å². The molecule has 8 heteroatoms. The molecule has 1 heterocycles. The number of benzene rings is 1. The number of nitro groups is 1. The topological polar surface area (TPSA) is 92.7 Å². The fraction of sp³-hybridized carbons (Fsp3) is 0.100. The van der Waals surface area contributed by atoms with E-state index in [0.29, 0.717) is 0 Å². The van der Waals surface area contributed by atoms with Crippen LogP contribution in [0.5, 0.6) is 0 Å². The Morgan fingerprint density at radius 1 is 1.50 bits per heavy atom. The lowest BCUT2D eigenvalue weighted by molar-refractivity contribution is -0.385. The highest BCUT2D eigenvalue weighted by molar-refractivity contribution is 8.01. The van der Waals surface area contributed by atoms with Crippen molar-refractivity contribution in [3.63, 3.8) is 0 Å². The van der Waals surface area contributed by atoms with Crippen molar-refractivity contribution >= 4 is 28.8 Å². The lowest BCUT2D eigenvalue weighted by Gasteiger charge is -1.98. The van der Waals surface area contributed by atoms with Crippen molar-refractivity contribution < 1.29 is 4.92 Å². The van der Waals surface area contributed by atoms with Crippen LogP contribution in [0, 0.1) is 28.4 Å². The second-order valence-electron chi connectivity index (χ2n) is 3.24. The molecule has 0 radical (unpaired) electrons. The van der Waals surface area contributed by atoms with E-state index in [-0.39, 0.29) is 11.3 Å². The first kappa shape index (κ1) is 12.5. The molecule has 90 valence electrons. The summed E-state index contributed by atoms with van der Waals surface area (Å²) in [6.45, 7) is 1.85. The van der Waals surface area contributed by atoms with Gasteiger partial charge in [-0.3, -0.25) is 10.1 Å². The van der Waals surface area contributed by atoms with Crippen LogP contribution in [-0.4, -0.2) is 15.1 Å². The smallest absolute Gasteiger partial charge is 0.258 e. The van der Waals surface area contributed by atoms with Gasteiger partial charge in [0.25, 0.3) is 5.69 Å². The van der Waals surface area contributed by atoms with Crippen LogP contribution in [0.15, 0.2) is 27.4 Å². The molecular weight excluding hydrogens is 272 g/mol. The number of rotatable bonds is 3. The van der Waals surface area contributed by atoms with Crippen molar-refractivity contribution in [1.82, 2.24) is 10.2 Å². The molecule has 1 aromatic carbocycles. The fourth-order valence-corrected chi connectivity index (χ4v) is 3.08. The average Bonchev–Trinajstić information content (AvgIpc) is 2.74. The molecule has 0 amide bonds. The van der Waals surface area contributed by atoms with Crippen LogP contribution in [0.4, 0.5) is 5.69 Å². The van der Waals surface area contributed by atoms with Crippen LogP contribution in [-0.2, 0) is 0 Å². The van der Waals surface area contributed by atoms with Crippen LogP contribution in [0.2, 0.25) is 0 Å². The van der Waals surface area contributed by atoms with Crippen molar-refractivity contribution in [3.8, 4) is 6.07 Å². The van der Waals surface area contributed by atoms with Crippen molar-refractivity contribution in [2.75, 3.05) is 0 Å². The summed E-state index contributed by atoms with van der Waals surface area (Å²) in [5.74, 6) is 0. The maximum Gasteiger partial charge on any atom is 0.287 e. The molecule has 0 aliphatic carbocycles. The first-order chi connectivity index (χ1) is 8.60. The minimum atomic E-state index is -0.567. The second kappa shape index (κ2) is 5.12. The van der Waals surface area contributed by atoms with E-state index in [2.05, 4.69) is 10.2 Å². The van der Waals surface area contributed by atoms with E-state index in [4.69, 9.17) is 5.26 Å². The Morgan fingerprint density at radius 2 is 2.28 bits per heavy atom. The number of aromatic nitrogens is 2. The van der Waals surface area contributed by atoms with Gasteiger partial charge in [0.05, 0.1) is 4.92 Å². The molecule has 1 aromatic heterocycles. The number of hydrogen-bond donors (Lipinski definition) is 0. The van der Waals surface area contributed by atoms with E-state index in [1.807, 2.05) is 13.0 Å². The third-order valence-electron chi connectivity index (χ3n) is 2.00. The van der Waals surface area contributed by atoms with E-state index >= 15 is 0 Å². The summed E-state index contributed by atoms with van der Waals surface area (Å²) in [7, 11) is 0. The van der Waals surface area contributed by atoms with Gasteiger partial charge in [0.2, 0.25) is 0 Å². The van der Waals surface area contributed by atoms with Gasteiger partial charge >= 0.3 is 0 Å². The molecule has 0 aliphatic rings. The molecular formula is C10H6N4O2S2. The summed E-state index contributed by atoms with van der Waals surface area (Å²) in [5, 5.41) is 28.2. The Kier molecular flexibility index (Phi) is 3.55. The maximum atomic E-state index is 10.7. The van der Waals surface area contributed by atoms with Gasteiger partial charge < -0.3 is 0 Å². The number of nitriles is 1. The van der Waals surface area contributed by atoms with Crippen LogP contribution < -0.4 is 0 Å². The monoisotopic (exact) mass is 278 g/mol. The summed E-state index contributed by atoms with van der Waals surface area (Å²) >= 11 is 2.76. The molecule has 18 heavy (non-hydrogen) atoms. The first-order valence-electron chi connectivity index (χ1n) is 4.76. The SMILES string of the molecule is Cc1nnc(Sc2ccc([N+](=O)[O-])c(C#N)c2)s1. The van der Waals surface area contributed by atoms with E-state index in [0.717, 1.165) is 14.2 Å². The maximum absolute atomic E-state index is 10.7. The number of nitro benzene ring substituents is 1. The van der Waals surface area contributed by atoms with Crippen molar-refractivity contribution in [2.45, 2.75) is 16.2 Å². The highest BCUT2D eigenvalue weighted by Gasteiger charge is 2.14. The fourth-order valence-electron chi connectivity index (χ4n) is 1.25. The van der Waals surface area contributed by atoms with E-state index in [9.17, 15) is 10.1 Å². The molecule has 6 nitrogen and oxygen atoms in total. The zero-order valence-corrected chi connectivity index (χ0v) is 10.8. The highest BCUT2D eigenvalue weighted by Crippen LogP contribution is 2.32. The molecule has 2 aromatic rings. The molecule has 0 spiro atoms. The third-order valence-corrected chi connectivity index (χ3v) is 3.88. The standard InChI is InChI=1S/C10H6N4O2S2/c1-6-12-13-10(17-6)18-8-2-3-9(14(15)16)7(4-8)5-11/h2-4H,1H3. The van der Waals surface area contributed by atoms with Gasteiger partial charge in [-0.2, -0.15) is 5.26 Å². The lowest BCUT2D eigenvalue weighted by atomic mass is 10.2. The quantitative estimate of drug-likeness (QED) is 0.633. The van der Waals surface area contributed by atoms with Gasteiger partial charge in [0, 0.05) is 11.0 Å². The summed E-state index contributed by atoms with van der Waals surface area (Å²) in [5.41, 5.74) is -0.137. The summed E-state index contributed by atoms with van der Waals surface area (Å²) < 4.78 is 0.741. The van der Waals surface area contributed by atoms with E-state index in [1.54, 1.807) is 6.07 Å². The highest BCUT2D eigenvalue weighted by atomic mass is 32.2. The Balaban J connectivity index is 2.31. The van der Waals surface area contributed by atoms with Crippen LogP contribution in [0.25, 0.3) is 0 Å². The molecule has 0 atom stereocenters. The molecule has 0 aliphatic heterocycles. The van der Waals surface area contributed by atoms with Crippen molar-refractivity contribution in [1.29, 1.82) is 5.26 Å². The molecule has 0 fully saturated rings. The Bertz CT molecular complexity index is 648. The van der Waals surface area contributed by atoms with E-state index in [1.165, 1.54) is 35.2 Å². The lowest BCUT2D eigenvalue weighted by Crippen LogP contribution is -1.92. The minimum Gasteiger partial charge on any atom is -0.258 e. The molecule has 2 rings (SSSR count). The second-order valence-corrected chi connectivity index (χ2v) is 5.74. The van der Waals surface area contributed by atoms with Crippen LogP contribution >= 0.6 is 23.1 Å². The number of aryl methyl sites for hydroxylation is 1. The predicted octanol–water partition coefficient (Wildman–Crippen LogP) is 2.78. The Morgan fingerprint density at radius 3 is 2.83 bits per heavy atom. The molecule has 0 unspecified atom stereocenters. The summed E-state index contributed by atoms with van der Waals surface area (Å²) in [6, 6.07) is 6.23. The molecule has 0 saturated carbocycles. The number of nitrogens with zero attached hydrogens (tertiary/aromatic N) is 4.